The monoisotopic (exact) mass is 219 g/mol. The second-order valence-electron chi connectivity index (χ2n) is 4.73. The Morgan fingerprint density at radius 2 is 2.25 bits per heavy atom. The van der Waals surface area contributed by atoms with E-state index in [-0.39, 0.29) is 0 Å². The van der Waals surface area contributed by atoms with Gasteiger partial charge in [0.15, 0.2) is 0 Å². The van der Waals surface area contributed by atoms with Gasteiger partial charge < -0.3 is 5.11 Å². The molecule has 0 bridgehead atoms. The Morgan fingerprint density at radius 3 is 3.00 bits per heavy atom. The van der Waals surface area contributed by atoms with Crippen LogP contribution >= 0.6 is 0 Å². The van der Waals surface area contributed by atoms with Crippen LogP contribution in [0.1, 0.15) is 43.4 Å². The fourth-order valence-corrected chi connectivity index (χ4v) is 2.63. The van der Waals surface area contributed by atoms with Gasteiger partial charge in [0.1, 0.15) is 5.75 Å². The summed E-state index contributed by atoms with van der Waals surface area (Å²) < 4.78 is 0. The zero-order chi connectivity index (χ0) is 11.5. The summed E-state index contributed by atoms with van der Waals surface area (Å²) in [5.41, 5.74) is 2.49. The summed E-state index contributed by atoms with van der Waals surface area (Å²) in [6.45, 7) is 3.37. The predicted molar refractivity (Wildman–Crippen MR) is 66.7 cm³/mol. The Labute approximate surface area is 97.9 Å². The molecule has 0 fully saturated rings. The fourth-order valence-electron chi connectivity index (χ4n) is 2.63. The second kappa shape index (κ2) is 4.88. The molecule has 1 aliphatic carbocycles. The summed E-state index contributed by atoms with van der Waals surface area (Å²) in [6, 6.07) is 6.43. The first-order chi connectivity index (χ1) is 7.74. The summed E-state index contributed by atoms with van der Waals surface area (Å²) in [5.74, 6) is 0.476. The lowest BCUT2D eigenvalue weighted by Gasteiger charge is -2.25. The Morgan fingerprint density at radius 1 is 1.44 bits per heavy atom. The van der Waals surface area contributed by atoms with Gasteiger partial charge in [0, 0.05) is 6.04 Å². The maximum Gasteiger partial charge on any atom is 0.119 e. The molecule has 0 amide bonds. The minimum atomic E-state index is 0.476. The van der Waals surface area contributed by atoms with Crippen molar-refractivity contribution >= 4 is 0 Å². The smallest absolute Gasteiger partial charge is 0.119 e. The minimum absolute atomic E-state index is 0.476. The first kappa shape index (κ1) is 11.5. The topological polar surface area (TPSA) is 23.5 Å². The van der Waals surface area contributed by atoms with Crippen LogP contribution in [0.25, 0.3) is 0 Å². The van der Waals surface area contributed by atoms with Crippen LogP contribution in [0, 0.1) is 0 Å². The zero-order valence-corrected chi connectivity index (χ0v) is 10.2. The Hall–Kier alpha value is -1.02. The maximum atomic E-state index is 9.79. The Kier molecular flexibility index (Phi) is 3.49. The van der Waals surface area contributed by atoms with E-state index in [1.165, 1.54) is 18.4 Å². The van der Waals surface area contributed by atoms with Gasteiger partial charge in [-0.2, -0.15) is 0 Å². The van der Waals surface area contributed by atoms with Crippen molar-refractivity contribution in [2.75, 3.05) is 13.6 Å². The van der Waals surface area contributed by atoms with Crippen LogP contribution in [-0.4, -0.2) is 23.6 Å². The number of unbranched alkanes of at least 4 members (excludes halogenated alkanes) is 1. The third-order valence-corrected chi connectivity index (χ3v) is 3.61. The van der Waals surface area contributed by atoms with Crippen molar-refractivity contribution in [1.29, 1.82) is 0 Å². The molecule has 0 spiro atoms. The third kappa shape index (κ3) is 2.07. The number of phenols is 1. The number of fused-ring (bicyclic) bond motifs is 1. The molecule has 0 heterocycles. The van der Waals surface area contributed by atoms with Gasteiger partial charge in [-0.1, -0.05) is 25.5 Å². The molecule has 0 radical (unpaired) electrons. The highest BCUT2D eigenvalue weighted by molar-refractivity contribution is 5.44. The fraction of sp³-hybridized carbons (Fsp3) is 0.571. The van der Waals surface area contributed by atoms with Crippen molar-refractivity contribution in [3.8, 4) is 5.75 Å². The van der Waals surface area contributed by atoms with Gasteiger partial charge >= 0.3 is 0 Å². The van der Waals surface area contributed by atoms with E-state index >= 15 is 0 Å². The molecule has 1 N–H and O–H groups in total. The van der Waals surface area contributed by atoms with Crippen LogP contribution in [0.2, 0.25) is 0 Å². The summed E-state index contributed by atoms with van der Waals surface area (Å²) in [5, 5.41) is 9.79. The SMILES string of the molecule is CCCCN(C)C1CCc2c(O)cccc21. The van der Waals surface area contributed by atoms with E-state index in [0.29, 0.717) is 11.8 Å². The van der Waals surface area contributed by atoms with Crippen LogP contribution in [0.3, 0.4) is 0 Å². The lowest BCUT2D eigenvalue weighted by molar-refractivity contribution is 0.241. The molecule has 1 atom stereocenters. The largest absolute Gasteiger partial charge is 0.508 e. The van der Waals surface area contributed by atoms with Crippen molar-refractivity contribution in [3.63, 3.8) is 0 Å². The average Bonchev–Trinajstić information content (AvgIpc) is 2.71. The number of benzene rings is 1. The molecule has 1 aliphatic rings. The molecule has 0 aliphatic heterocycles. The zero-order valence-electron chi connectivity index (χ0n) is 10.2. The molecular weight excluding hydrogens is 198 g/mol. The molecule has 2 nitrogen and oxygen atoms in total. The number of rotatable bonds is 4. The summed E-state index contributed by atoms with van der Waals surface area (Å²) in [7, 11) is 2.19. The van der Waals surface area contributed by atoms with E-state index < -0.39 is 0 Å². The maximum absolute atomic E-state index is 9.79. The molecule has 0 aromatic heterocycles. The second-order valence-corrected chi connectivity index (χ2v) is 4.73. The number of hydrogen-bond donors (Lipinski definition) is 1. The molecule has 1 unspecified atom stereocenters. The van der Waals surface area contributed by atoms with E-state index in [9.17, 15) is 5.11 Å². The van der Waals surface area contributed by atoms with Gasteiger partial charge in [-0.05, 0) is 50.0 Å². The molecule has 2 heteroatoms. The number of aromatic hydroxyl groups is 1. The van der Waals surface area contributed by atoms with Crippen molar-refractivity contribution in [3.05, 3.63) is 29.3 Å². The molecule has 1 aromatic rings. The van der Waals surface area contributed by atoms with Gasteiger partial charge in [0.05, 0.1) is 0 Å². The van der Waals surface area contributed by atoms with E-state index in [2.05, 4.69) is 24.9 Å². The first-order valence-corrected chi connectivity index (χ1v) is 6.25. The van der Waals surface area contributed by atoms with Gasteiger partial charge in [-0.15, -0.1) is 0 Å². The highest BCUT2D eigenvalue weighted by Gasteiger charge is 2.27. The van der Waals surface area contributed by atoms with Crippen LogP contribution in [-0.2, 0) is 6.42 Å². The molecule has 2 rings (SSSR count). The first-order valence-electron chi connectivity index (χ1n) is 6.25. The lowest BCUT2D eigenvalue weighted by atomic mass is 10.1. The highest BCUT2D eigenvalue weighted by atomic mass is 16.3. The average molecular weight is 219 g/mol. The van der Waals surface area contributed by atoms with Crippen molar-refractivity contribution < 1.29 is 5.11 Å². The van der Waals surface area contributed by atoms with E-state index in [1.54, 1.807) is 6.07 Å². The molecule has 0 saturated heterocycles. The van der Waals surface area contributed by atoms with Crippen LogP contribution in [0.15, 0.2) is 18.2 Å². The van der Waals surface area contributed by atoms with Gasteiger partial charge in [-0.3, -0.25) is 4.90 Å². The Bertz CT molecular complexity index is 362. The number of nitrogens with zero attached hydrogens (tertiary/aromatic N) is 1. The molecule has 1 aromatic carbocycles. The van der Waals surface area contributed by atoms with Crippen molar-refractivity contribution in [2.24, 2.45) is 0 Å². The third-order valence-electron chi connectivity index (χ3n) is 3.61. The van der Waals surface area contributed by atoms with Gasteiger partial charge in [-0.25, -0.2) is 0 Å². The molecule has 16 heavy (non-hydrogen) atoms. The van der Waals surface area contributed by atoms with Crippen molar-refractivity contribution in [1.82, 2.24) is 4.90 Å². The summed E-state index contributed by atoms with van der Waals surface area (Å²) >= 11 is 0. The van der Waals surface area contributed by atoms with E-state index in [4.69, 9.17) is 0 Å². The number of phenolic OH excluding ortho intramolecular Hbond substituents is 1. The quantitative estimate of drug-likeness (QED) is 0.841. The van der Waals surface area contributed by atoms with Crippen LogP contribution in [0.5, 0.6) is 5.75 Å². The minimum Gasteiger partial charge on any atom is -0.508 e. The predicted octanol–water partition coefficient (Wildman–Crippen LogP) is 3.11. The Balaban J connectivity index is 2.14. The van der Waals surface area contributed by atoms with E-state index in [0.717, 1.165) is 24.9 Å². The normalized spacial score (nSPS) is 19.1. The van der Waals surface area contributed by atoms with Crippen molar-refractivity contribution in [2.45, 2.75) is 38.6 Å². The van der Waals surface area contributed by atoms with E-state index in [1.807, 2.05) is 6.07 Å². The van der Waals surface area contributed by atoms with Crippen LogP contribution in [0.4, 0.5) is 0 Å². The summed E-state index contributed by atoms with van der Waals surface area (Å²) in [4.78, 5) is 2.43. The standard InChI is InChI=1S/C14H21NO/c1-3-4-10-15(2)13-9-8-12-11(13)6-5-7-14(12)16/h5-7,13,16H,3-4,8-10H2,1-2H3. The highest BCUT2D eigenvalue weighted by Crippen LogP contribution is 2.39. The molecular formula is C14H21NO. The van der Waals surface area contributed by atoms with Crippen LogP contribution < -0.4 is 0 Å². The van der Waals surface area contributed by atoms with Gasteiger partial charge in [0.25, 0.3) is 0 Å². The summed E-state index contributed by atoms with van der Waals surface area (Å²) in [6.07, 6.45) is 4.65. The number of hydrogen-bond acceptors (Lipinski definition) is 2. The lowest BCUT2D eigenvalue weighted by Crippen LogP contribution is -2.23. The molecule has 88 valence electrons. The van der Waals surface area contributed by atoms with Gasteiger partial charge in [0.2, 0.25) is 0 Å². The molecule has 0 saturated carbocycles.